The van der Waals surface area contributed by atoms with Gasteiger partial charge in [0.05, 0.1) is 0 Å². The Balaban J connectivity index is 2.30. The zero-order chi connectivity index (χ0) is 15.4. The molecule has 21 heavy (non-hydrogen) atoms. The number of hydrogen-bond acceptors (Lipinski definition) is 2. The Bertz CT molecular complexity index is 556. The highest BCUT2D eigenvalue weighted by atomic mass is 16.4. The second kappa shape index (κ2) is 6.43. The molecule has 1 unspecified atom stereocenters. The van der Waals surface area contributed by atoms with Crippen molar-refractivity contribution in [3.8, 4) is 0 Å². The van der Waals surface area contributed by atoms with E-state index in [0.29, 0.717) is 26.1 Å². The molecule has 0 saturated carbocycles. The van der Waals surface area contributed by atoms with Crippen molar-refractivity contribution in [2.75, 3.05) is 13.1 Å². The normalized spacial score (nSPS) is 17.0. The monoisotopic (exact) mass is 288 g/mol. The number of urea groups is 1. The molecule has 0 fully saturated rings. The highest BCUT2D eigenvalue weighted by Crippen LogP contribution is 2.24. The minimum absolute atomic E-state index is 0.251. The first-order chi connectivity index (χ1) is 10.1. The second-order valence-electron chi connectivity index (χ2n) is 5.06. The number of aliphatic carboxylic acids is 1. The lowest BCUT2D eigenvalue weighted by Gasteiger charge is -2.37. The van der Waals surface area contributed by atoms with E-state index < -0.39 is 12.0 Å². The fourth-order valence-corrected chi connectivity index (χ4v) is 2.62. The summed E-state index contributed by atoms with van der Waals surface area (Å²) in [6.07, 6.45) is 2.00. The van der Waals surface area contributed by atoms with E-state index in [2.05, 4.69) is 6.58 Å². The van der Waals surface area contributed by atoms with E-state index in [9.17, 15) is 14.7 Å². The van der Waals surface area contributed by atoms with E-state index >= 15 is 0 Å². The summed E-state index contributed by atoms with van der Waals surface area (Å²) in [6.45, 7) is 6.78. The summed E-state index contributed by atoms with van der Waals surface area (Å²) >= 11 is 0. The molecule has 0 aliphatic carbocycles. The van der Waals surface area contributed by atoms with Crippen molar-refractivity contribution in [3.63, 3.8) is 0 Å². The van der Waals surface area contributed by atoms with Crippen LogP contribution in [0.25, 0.3) is 0 Å². The van der Waals surface area contributed by atoms with Crippen molar-refractivity contribution >= 4 is 12.0 Å². The highest BCUT2D eigenvalue weighted by Gasteiger charge is 2.35. The molecule has 1 aromatic carbocycles. The highest BCUT2D eigenvalue weighted by molar-refractivity contribution is 5.83. The van der Waals surface area contributed by atoms with E-state index in [4.69, 9.17) is 0 Å². The molecule has 1 atom stereocenters. The van der Waals surface area contributed by atoms with Crippen molar-refractivity contribution in [1.82, 2.24) is 9.80 Å². The van der Waals surface area contributed by atoms with Crippen molar-refractivity contribution < 1.29 is 14.7 Å². The van der Waals surface area contributed by atoms with Crippen LogP contribution in [0.4, 0.5) is 4.79 Å². The van der Waals surface area contributed by atoms with Crippen molar-refractivity contribution in [2.45, 2.75) is 25.9 Å². The first kappa shape index (κ1) is 15.1. The van der Waals surface area contributed by atoms with Gasteiger partial charge in [-0.15, -0.1) is 6.58 Å². The van der Waals surface area contributed by atoms with E-state index in [1.165, 1.54) is 4.90 Å². The topological polar surface area (TPSA) is 60.9 Å². The zero-order valence-corrected chi connectivity index (χ0v) is 12.2. The average Bonchev–Trinajstić information content (AvgIpc) is 2.50. The second-order valence-corrected chi connectivity index (χ2v) is 5.06. The Morgan fingerprint density at radius 1 is 1.43 bits per heavy atom. The molecule has 1 N–H and O–H groups in total. The summed E-state index contributed by atoms with van der Waals surface area (Å²) in [5, 5.41) is 9.43. The smallest absolute Gasteiger partial charge is 0.326 e. The Morgan fingerprint density at radius 3 is 2.67 bits per heavy atom. The predicted molar refractivity (Wildman–Crippen MR) is 80.0 cm³/mol. The van der Waals surface area contributed by atoms with Gasteiger partial charge in [-0.2, -0.15) is 0 Å². The molecule has 5 heteroatoms. The maximum atomic E-state index is 12.6. The van der Waals surface area contributed by atoms with Crippen LogP contribution in [0.15, 0.2) is 36.9 Å². The Hall–Kier alpha value is -2.30. The molecule has 1 aliphatic rings. The summed E-state index contributed by atoms with van der Waals surface area (Å²) in [5.74, 6) is -0.965. The lowest BCUT2D eigenvalue weighted by Crippen LogP contribution is -2.53. The Morgan fingerprint density at radius 2 is 2.10 bits per heavy atom. The fraction of sp³-hybridized carbons (Fsp3) is 0.375. The lowest BCUT2D eigenvalue weighted by molar-refractivity contribution is -0.142. The van der Waals surface area contributed by atoms with Gasteiger partial charge in [0.25, 0.3) is 0 Å². The number of amides is 2. The first-order valence-electron chi connectivity index (χ1n) is 7.04. The fourth-order valence-electron chi connectivity index (χ4n) is 2.62. The third-order valence-electron chi connectivity index (χ3n) is 3.78. The number of carboxylic acid groups (broad SMARTS) is 1. The standard InChI is InChI=1S/C16H20N2O3/c1-3-9-17(4-2)16(21)18-11-13-8-6-5-7-12(13)10-14(18)15(19)20/h3,5-8,14H,1,4,9-11H2,2H3,(H,19,20). The van der Waals surface area contributed by atoms with Gasteiger partial charge in [-0.05, 0) is 18.1 Å². The molecule has 0 saturated heterocycles. The molecule has 0 aromatic heterocycles. The van der Waals surface area contributed by atoms with Gasteiger partial charge in [0, 0.05) is 26.1 Å². The third-order valence-corrected chi connectivity index (χ3v) is 3.78. The molecule has 0 spiro atoms. The molecular weight excluding hydrogens is 268 g/mol. The molecule has 1 aromatic rings. The van der Waals surface area contributed by atoms with Crippen LogP contribution in [0.1, 0.15) is 18.1 Å². The van der Waals surface area contributed by atoms with Crippen LogP contribution in [0.2, 0.25) is 0 Å². The number of carbonyl (C=O) groups is 2. The van der Waals surface area contributed by atoms with Crippen LogP contribution in [0.5, 0.6) is 0 Å². The number of hydrogen-bond donors (Lipinski definition) is 1. The maximum Gasteiger partial charge on any atom is 0.326 e. The molecule has 0 radical (unpaired) electrons. The van der Waals surface area contributed by atoms with Gasteiger partial charge in [-0.1, -0.05) is 30.3 Å². The maximum absolute atomic E-state index is 12.6. The van der Waals surface area contributed by atoms with Gasteiger partial charge in [0.2, 0.25) is 0 Å². The lowest BCUT2D eigenvalue weighted by atomic mass is 9.94. The number of carbonyl (C=O) groups excluding carboxylic acids is 1. The van der Waals surface area contributed by atoms with Crippen LogP contribution >= 0.6 is 0 Å². The first-order valence-corrected chi connectivity index (χ1v) is 7.04. The van der Waals surface area contributed by atoms with Crippen LogP contribution in [0, 0.1) is 0 Å². The van der Waals surface area contributed by atoms with E-state index in [0.717, 1.165) is 11.1 Å². The molecule has 112 valence electrons. The molecule has 1 heterocycles. The number of carboxylic acids is 1. The minimum Gasteiger partial charge on any atom is -0.480 e. The van der Waals surface area contributed by atoms with Gasteiger partial charge in [0.1, 0.15) is 6.04 Å². The molecule has 0 bridgehead atoms. The van der Waals surface area contributed by atoms with E-state index in [1.54, 1.807) is 11.0 Å². The number of rotatable bonds is 4. The summed E-state index contributed by atoms with van der Waals surface area (Å²) in [6, 6.07) is 6.60. The van der Waals surface area contributed by atoms with Crippen LogP contribution in [-0.4, -0.2) is 46.0 Å². The summed E-state index contributed by atoms with van der Waals surface area (Å²) in [5.41, 5.74) is 2.01. The molecule has 2 rings (SSSR count). The van der Waals surface area contributed by atoms with Gasteiger partial charge in [0.15, 0.2) is 0 Å². The van der Waals surface area contributed by atoms with Gasteiger partial charge < -0.3 is 14.9 Å². The van der Waals surface area contributed by atoms with Crippen LogP contribution < -0.4 is 0 Å². The summed E-state index contributed by atoms with van der Waals surface area (Å²) in [7, 11) is 0. The summed E-state index contributed by atoms with van der Waals surface area (Å²) < 4.78 is 0. The van der Waals surface area contributed by atoms with Crippen molar-refractivity contribution in [3.05, 3.63) is 48.0 Å². The van der Waals surface area contributed by atoms with E-state index in [-0.39, 0.29) is 6.03 Å². The number of benzene rings is 1. The zero-order valence-electron chi connectivity index (χ0n) is 12.2. The minimum atomic E-state index is -0.965. The molecule has 2 amide bonds. The predicted octanol–water partition coefficient (Wildman–Crippen LogP) is 2.13. The molecule has 1 aliphatic heterocycles. The number of nitrogens with zero attached hydrogens (tertiary/aromatic N) is 2. The third kappa shape index (κ3) is 3.07. The van der Waals surface area contributed by atoms with Crippen LogP contribution in [-0.2, 0) is 17.8 Å². The molecule has 5 nitrogen and oxygen atoms in total. The largest absolute Gasteiger partial charge is 0.480 e. The van der Waals surface area contributed by atoms with Gasteiger partial charge in [-0.3, -0.25) is 0 Å². The van der Waals surface area contributed by atoms with Gasteiger partial charge in [-0.25, -0.2) is 9.59 Å². The van der Waals surface area contributed by atoms with Crippen molar-refractivity contribution in [2.24, 2.45) is 0 Å². The Labute approximate surface area is 124 Å². The number of fused-ring (bicyclic) bond motifs is 1. The Kier molecular flexibility index (Phi) is 4.62. The van der Waals surface area contributed by atoms with Crippen LogP contribution in [0.3, 0.4) is 0 Å². The number of likely N-dealkylation sites (N-methyl/N-ethyl adjacent to an activating group) is 1. The SMILES string of the molecule is C=CCN(CC)C(=O)N1Cc2ccccc2CC1C(=O)O. The van der Waals surface area contributed by atoms with E-state index in [1.807, 2.05) is 31.2 Å². The average molecular weight is 288 g/mol. The summed E-state index contributed by atoms with van der Waals surface area (Å²) in [4.78, 5) is 27.1. The molecular formula is C16H20N2O3. The quantitative estimate of drug-likeness (QED) is 0.863. The van der Waals surface area contributed by atoms with Gasteiger partial charge >= 0.3 is 12.0 Å². The van der Waals surface area contributed by atoms with Crippen molar-refractivity contribution in [1.29, 1.82) is 0 Å².